The summed E-state index contributed by atoms with van der Waals surface area (Å²) in [5.74, 6) is -0.188. The molecule has 2 heterocycles. The monoisotopic (exact) mass is 236 g/mol. The number of benzene rings is 1. The van der Waals surface area contributed by atoms with Crippen LogP contribution < -0.4 is 5.32 Å². The summed E-state index contributed by atoms with van der Waals surface area (Å²) < 4.78 is 18.5. The highest BCUT2D eigenvalue weighted by molar-refractivity contribution is 5.27. The lowest BCUT2D eigenvalue weighted by Crippen LogP contribution is -2.46. The van der Waals surface area contributed by atoms with Gasteiger partial charge in [0.15, 0.2) is 0 Å². The maximum Gasteiger partial charge on any atom is 0.129 e. The molecule has 1 aromatic rings. The van der Waals surface area contributed by atoms with Crippen LogP contribution in [0.25, 0.3) is 0 Å². The van der Waals surface area contributed by atoms with E-state index in [0.29, 0.717) is 0 Å². The first-order valence-electron chi connectivity index (χ1n) is 6.12. The molecule has 0 spiro atoms. The predicted octanol–water partition coefficient (Wildman–Crippen LogP) is 0.956. The summed E-state index contributed by atoms with van der Waals surface area (Å²) in [6, 6.07) is 6.70. The van der Waals surface area contributed by atoms with Crippen molar-refractivity contribution in [2.75, 3.05) is 39.3 Å². The van der Waals surface area contributed by atoms with Gasteiger partial charge in [-0.2, -0.15) is 0 Å². The van der Waals surface area contributed by atoms with E-state index in [2.05, 4.69) is 10.2 Å². The predicted molar refractivity (Wildman–Crippen MR) is 63.3 cm³/mol. The zero-order valence-corrected chi connectivity index (χ0v) is 9.79. The van der Waals surface area contributed by atoms with Gasteiger partial charge in [-0.1, -0.05) is 12.1 Å². The van der Waals surface area contributed by atoms with E-state index >= 15 is 0 Å². The normalized spacial score (nSPS) is 29.2. The summed E-state index contributed by atoms with van der Waals surface area (Å²) in [6.07, 6.45) is 0. The molecule has 92 valence electrons. The molecule has 1 unspecified atom stereocenters. The van der Waals surface area contributed by atoms with Crippen LogP contribution in [-0.4, -0.2) is 44.2 Å². The number of nitrogens with one attached hydrogen (secondary N) is 1. The van der Waals surface area contributed by atoms with Crippen LogP contribution in [0.4, 0.5) is 4.39 Å². The van der Waals surface area contributed by atoms with E-state index in [4.69, 9.17) is 4.74 Å². The Morgan fingerprint density at radius 2 is 1.88 bits per heavy atom. The molecule has 4 heteroatoms. The van der Waals surface area contributed by atoms with Crippen LogP contribution >= 0.6 is 0 Å². The molecule has 17 heavy (non-hydrogen) atoms. The smallest absolute Gasteiger partial charge is 0.129 e. The van der Waals surface area contributed by atoms with Crippen LogP contribution in [0.15, 0.2) is 24.3 Å². The number of halogens is 1. The zero-order chi connectivity index (χ0) is 11.7. The second-order valence-electron chi connectivity index (χ2n) is 4.82. The SMILES string of the molecule is Fc1ccc(C2(CN3CCNCC3)CO2)cc1. The first-order valence-corrected chi connectivity index (χ1v) is 6.12. The third kappa shape index (κ3) is 2.34. The minimum absolute atomic E-state index is 0.176. The molecule has 1 atom stereocenters. The first-order chi connectivity index (χ1) is 8.28. The molecule has 3 nitrogen and oxygen atoms in total. The van der Waals surface area contributed by atoms with Gasteiger partial charge in [-0.05, 0) is 17.7 Å². The highest BCUT2D eigenvalue weighted by Crippen LogP contribution is 2.39. The fourth-order valence-corrected chi connectivity index (χ4v) is 2.42. The summed E-state index contributed by atoms with van der Waals surface area (Å²) in [6.45, 7) is 5.88. The van der Waals surface area contributed by atoms with Crippen molar-refractivity contribution in [1.82, 2.24) is 10.2 Å². The van der Waals surface area contributed by atoms with Crippen LogP contribution in [0.3, 0.4) is 0 Å². The van der Waals surface area contributed by atoms with E-state index in [0.717, 1.165) is 44.9 Å². The Labute approximate surface area is 101 Å². The van der Waals surface area contributed by atoms with Crippen molar-refractivity contribution in [3.05, 3.63) is 35.6 Å². The quantitative estimate of drug-likeness (QED) is 0.792. The molecule has 0 bridgehead atoms. The molecule has 0 saturated carbocycles. The van der Waals surface area contributed by atoms with Gasteiger partial charge in [-0.3, -0.25) is 4.90 Å². The minimum atomic E-state index is -0.188. The lowest BCUT2D eigenvalue weighted by molar-refractivity contribution is 0.170. The van der Waals surface area contributed by atoms with Gasteiger partial charge in [0, 0.05) is 32.7 Å². The van der Waals surface area contributed by atoms with E-state index in [1.54, 1.807) is 0 Å². The molecular weight excluding hydrogens is 219 g/mol. The Morgan fingerprint density at radius 3 is 2.47 bits per heavy atom. The number of epoxide rings is 1. The van der Waals surface area contributed by atoms with Crippen molar-refractivity contribution < 1.29 is 9.13 Å². The summed E-state index contributed by atoms with van der Waals surface area (Å²) in [7, 11) is 0. The molecule has 2 fully saturated rings. The maximum atomic E-state index is 12.9. The molecule has 2 aliphatic rings. The van der Waals surface area contributed by atoms with Crippen LogP contribution in [0.2, 0.25) is 0 Å². The van der Waals surface area contributed by atoms with E-state index in [1.807, 2.05) is 12.1 Å². The molecule has 2 saturated heterocycles. The Bertz CT molecular complexity index is 383. The summed E-state index contributed by atoms with van der Waals surface area (Å²) in [5, 5.41) is 3.34. The van der Waals surface area contributed by atoms with Gasteiger partial charge in [-0.25, -0.2) is 4.39 Å². The van der Waals surface area contributed by atoms with E-state index in [-0.39, 0.29) is 11.4 Å². The van der Waals surface area contributed by atoms with Crippen molar-refractivity contribution in [1.29, 1.82) is 0 Å². The lowest BCUT2D eigenvalue weighted by Gasteiger charge is -2.29. The van der Waals surface area contributed by atoms with Crippen LogP contribution in [0.1, 0.15) is 5.56 Å². The average molecular weight is 236 g/mol. The van der Waals surface area contributed by atoms with Gasteiger partial charge in [0.1, 0.15) is 11.4 Å². The van der Waals surface area contributed by atoms with Gasteiger partial charge in [0.2, 0.25) is 0 Å². The number of hydrogen-bond donors (Lipinski definition) is 1. The number of hydrogen-bond acceptors (Lipinski definition) is 3. The molecule has 0 aromatic heterocycles. The van der Waals surface area contributed by atoms with Crippen LogP contribution in [0.5, 0.6) is 0 Å². The highest BCUT2D eigenvalue weighted by Gasteiger charge is 2.47. The lowest BCUT2D eigenvalue weighted by atomic mass is 9.99. The van der Waals surface area contributed by atoms with E-state index in [1.165, 1.54) is 12.1 Å². The van der Waals surface area contributed by atoms with Gasteiger partial charge in [-0.15, -0.1) is 0 Å². The topological polar surface area (TPSA) is 27.8 Å². The van der Waals surface area contributed by atoms with Gasteiger partial charge < -0.3 is 10.1 Å². The maximum absolute atomic E-state index is 12.9. The number of piperazine rings is 1. The summed E-state index contributed by atoms with van der Waals surface area (Å²) in [5.41, 5.74) is 0.919. The van der Waals surface area contributed by atoms with Gasteiger partial charge in [0.05, 0.1) is 6.61 Å². The number of nitrogens with zero attached hydrogens (tertiary/aromatic N) is 1. The van der Waals surface area contributed by atoms with Gasteiger partial charge >= 0.3 is 0 Å². The summed E-state index contributed by atoms with van der Waals surface area (Å²) >= 11 is 0. The molecule has 0 radical (unpaired) electrons. The minimum Gasteiger partial charge on any atom is -0.363 e. The van der Waals surface area contributed by atoms with Crippen LogP contribution in [0, 0.1) is 5.82 Å². The Hall–Kier alpha value is -0.970. The summed E-state index contributed by atoms with van der Waals surface area (Å²) in [4.78, 5) is 2.41. The van der Waals surface area contributed by atoms with Crippen molar-refractivity contribution >= 4 is 0 Å². The van der Waals surface area contributed by atoms with E-state index in [9.17, 15) is 4.39 Å². The fraction of sp³-hybridized carbons (Fsp3) is 0.538. The van der Waals surface area contributed by atoms with Crippen molar-refractivity contribution in [3.63, 3.8) is 0 Å². The molecule has 0 amide bonds. The number of ether oxygens (including phenoxy) is 1. The standard InChI is InChI=1S/C13H17FN2O/c14-12-3-1-11(2-4-12)13(10-17-13)9-16-7-5-15-6-8-16/h1-4,15H,5-10H2. The van der Waals surface area contributed by atoms with Crippen molar-refractivity contribution in [2.24, 2.45) is 0 Å². The molecule has 1 N–H and O–H groups in total. The third-order valence-electron chi connectivity index (χ3n) is 3.55. The van der Waals surface area contributed by atoms with E-state index < -0.39 is 0 Å². The van der Waals surface area contributed by atoms with Gasteiger partial charge in [0.25, 0.3) is 0 Å². The Morgan fingerprint density at radius 1 is 1.24 bits per heavy atom. The Kier molecular flexibility index (Phi) is 2.86. The van der Waals surface area contributed by atoms with Crippen LogP contribution in [-0.2, 0) is 10.3 Å². The second-order valence-corrected chi connectivity index (χ2v) is 4.82. The molecule has 2 aliphatic heterocycles. The number of rotatable bonds is 3. The molecule has 1 aromatic carbocycles. The largest absolute Gasteiger partial charge is 0.363 e. The average Bonchev–Trinajstić information content (AvgIpc) is 3.12. The third-order valence-corrected chi connectivity index (χ3v) is 3.55. The fourth-order valence-electron chi connectivity index (χ4n) is 2.42. The zero-order valence-electron chi connectivity index (χ0n) is 9.79. The second kappa shape index (κ2) is 4.37. The Balaban J connectivity index is 1.70. The highest BCUT2D eigenvalue weighted by atomic mass is 19.1. The molecular formula is C13H17FN2O. The van der Waals surface area contributed by atoms with Crippen molar-refractivity contribution in [3.8, 4) is 0 Å². The van der Waals surface area contributed by atoms with Crippen molar-refractivity contribution in [2.45, 2.75) is 5.60 Å². The molecule has 3 rings (SSSR count). The molecule has 0 aliphatic carbocycles. The first kappa shape index (κ1) is 11.1.